The Morgan fingerprint density at radius 2 is 1.92 bits per heavy atom. The highest BCUT2D eigenvalue weighted by Gasteiger charge is 2.39. The molecular formula is C9H16N2O2. The van der Waals surface area contributed by atoms with E-state index in [0.29, 0.717) is 0 Å². The summed E-state index contributed by atoms with van der Waals surface area (Å²) < 4.78 is 0. The number of amides is 1. The normalized spacial score (nSPS) is 39.0. The van der Waals surface area contributed by atoms with E-state index in [1.807, 2.05) is 0 Å². The fourth-order valence-electron chi connectivity index (χ4n) is 2.83. The summed E-state index contributed by atoms with van der Waals surface area (Å²) in [6.07, 6.45) is 1.18. The molecule has 0 bridgehead atoms. The Bertz CT molecular complexity index is 206. The Morgan fingerprint density at radius 3 is 2.38 bits per heavy atom. The van der Waals surface area contributed by atoms with Crippen molar-refractivity contribution in [2.45, 2.75) is 18.9 Å². The van der Waals surface area contributed by atoms with Crippen LogP contribution in [-0.4, -0.2) is 42.3 Å². The third kappa shape index (κ3) is 1.77. The molecule has 2 rings (SSSR count). The maximum atomic E-state index is 10.4. The van der Waals surface area contributed by atoms with Crippen molar-refractivity contribution in [3.8, 4) is 0 Å². The third-order valence-electron chi connectivity index (χ3n) is 3.26. The molecule has 0 spiro atoms. The first-order valence-electron chi connectivity index (χ1n) is 4.83. The number of fused-ring (bicyclic) bond motifs is 1. The van der Waals surface area contributed by atoms with Crippen LogP contribution < -0.4 is 5.32 Å². The van der Waals surface area contributed by atoms with Gasteiger partial charge in [-0.15, -0.1) is 0 Å². The topological polar surface area (TPSA) is 52.6 Å². The highest BCUT2D eigenvalue weighted by atomic mass is 16.4. The van der Waals surface area contributed by atoms with Crippen LogP contribution in [0.2, 0.25) is 0 Å². The van der Waals surface area contributed by atoms with Gasteiger partial charge in [0.1, 0.15) is 0 Å². The summed E-state index contributed by atoms with van der Waals surface area (Å²) in [5, 5.41) is 11.2. The molecule has 0 radical (unpaired) electrons. The predicted molar refractivity (Wildman–Crippen MR) is 48.7 cm³/mol. The molecule has 0 aromatic carbocycles. The molecule has 1 aliphatic carbocycles. The van der Waals surface area contributed by atoms with Crippen LogP contribution in [0.5, 0.6) is 0 Å². The molecule has 2 fully saturated rings. The Hall–Kier alpha value is -0.770. The van der Waals surface area contributed by atoms with Gasteiger partial charge in [-0.1, -0.05) is 0 Å². The average molecular weight is 184 g/mol. The molecule has 0 aromatic rings. The number of nitrogens with one attached hydrogen (secondary N) is 1. The van der Waals surface area contributed by atoms with Crippen molar-refractivity contribution in [3.05, 3.63) is 0 Å². The van der Waals surface area contributed by atoms with Gasteiger partial charge in [0.25, 0.3) is 0 Å². The summed E-state index contributed by atoms with van der Waals surface area (Å²) in [6, 6.07) is 0.209. The second kappa shape index (κ2) is 3.18. The Morgan fingerprint density at radius 1 is 1.38 bits per heavy atom. The number of rotatable bonds is 1. The zero-order chi connectivity index (χ0) is 9.42. The van der Waals surface area contributed by atoms with E-state index in [2.05, 4.69) is 17.3 Å². The summed E-state index contributed by atoms with van der Waals surface area (Å²) in [5.41, 5.74) is 0. The van der Waals surface area contributed by atoms with Crippen LogP contribution in [0.15, 0.2) is 0 Å². The van der Waals surface area contributed by atoms with Crippen molar-refractivity contribution in [2.24, 2.45) is 11.8 Å². The van der Waals surface area contributed by atoms with E-state index in [1.165, 1.54) is 0 Å². The minimum absolute atomic E-state index is 0.209. The van der Waals surface area contributed by atoms with Crippen LogP contribution in [0.4, 0.5) is 4.79 Å². The summed E-state index contributed by atoms with van der Waals surface area (Å²) >= 11 is 0. The standard InChI is InChI=1S/C9H16N2O2/c1-11-4-6-2-8(10-9(12)13)3-7(6)5-11/h6-8,10H,2-5H2,1H3,(H,12,13)/t6-,7+,8?. The van der Waals surface area contributed by atoms with Gasteiger partial charge < -0.3 is 15.3 Å². The fraction of sp³-hybridized carbons (Fsp3) is 0.889. The van der Waals surface area contributed by atoms with Gasteiger partial charge >= 0.3 is 6.09 Å². The van der Waals surface area contributed by atoms with Crippen molar-refractivity contribution in [3.63, 3.8) is 0 Å². The van der Waals surface area contributed by atoms with Gasteiger partial charge in [-0.05, 0) is 31.7 Å². The molecule has 4 heteroatoms. The van der Waals surface area contributed by atoms with Gasteiger partial charge in [-0.25, -0.2) is 4.79 Å². The summed E-state index contributed by atoms with van der Waals surface area (Å²) in [4.78, 5) is 12.8. The van der Waals surface area contributed by atoms with E-state index in [1.54, 1.807) is 0 Å². The lowest BCUT2D eigenvalue weighted by molar-refractivity contribution is 0.189. The zero-order valence-corrected chi connectivity index (χ0v) is 7.86. The van der Waals surface area contributed by atoms with Crippen LogP contribution in [0.25, 0.3) is 0 Å². The number of carbonyl (C=O) groups is 1. The van der Waals surface area contributed by atoms with Crippen molar-refractivity contribution in [1.82, 2.24) is 10.2 Å². The van der Waals surface area contributed by atoms with E-state index < -0.39 is 6.09 Å². The van der Waals surface area contributed by atoms with Gasteiger partial charge in [0.15, 0.2) is 0 Å². The van der Waals surface area contributed by atoms with Crippen molar-refractivity contribution >= 4 is 6.09 Å². The van der Waals surface area contributed by atoms with Crippen LogP contribution in [0.3, 0.4) is 0 Å². The Labute approximate surface area is 77.9 Å². The van der Waals surface area contributed by atoms with E-state index in [9.17, 15) is 4.79 Å². The molecule has 1 saturated carbocycles. The van der Waals surface area contributed by atoms with E-state index in [4.69, 9.17) is 5.11 Å². The number of hydrogen-bond acceptors (Lipinski definition) is 2. The molecule has 0 aromatic heterocycles. The number of likely N-dealkylation sites (tertiary alicyclic amines) is 1. The van der Waals surface area contributed by atoms with Gasteiger partial charge in [0, 0.05) is 19.1 Å². The van der Waals surface area contributed by atoms with Crippen LogP contribution in [0, 0.1) is 11.8 Å². The number of carboxylic acid groups (broad SMARTS) is 1. The lowest BCUT2D eigenvalue weighted by Gasteiger charge is -2.13. The van der Waals surface area contributed by atoms with Crippen LogP contribution in [0.1, 0.15) is 12.8 Å². The first-order valence-corrected chi connectivity index (χ1v) is 4.83. The molecule has 1 amide bonds. The minimum Gasteiger partial charge on any atom is -0.465 e. The van der Waals surface area contributed by atoms with E-state index in [0.717, 1.165) is 37.8 Å². The fourth-order valence-corrected chi connectivity index (χ4v) is 2.83. The quantitative estimate of drug-likeness (QED) is 0.627. The lowest BCUT2D eigenvalue weighted by atomic mass is 10.0. The lowest BCUT2D eigenvalue weighted by Crippen LogP contribution is -2.33. The smallest absolute Gasteiger partial charge is 0.404 e. The van der Waals surface area contributed by atoms with Gasteiger partial charge in [-0.2, -0.15) is 0 Å². The van der Waals surface area contributed by atoms with Gasteiger partial charge in [0.05, 0.1) is 0 Å². The third-order valence-corrected chi connectivity index (χ3v) is 3.26. The second-order valence-corrected chi connectivity index (χ2v) is 4.36. The van der Waals surface area contributed by atoms with Gasteiger partial charge in [0.2, 0.25) is 0 Å². The molecule has 4 nitrogen and oxygen atoms in total. The number of nitrogens with zero attached hydrogens (tertiary/aromatic N) is 1. The van der Waals surface area contributed by atoms with E-state index in [-0.39, 0.29) is 6.04 Å². The molecule has 1 aliphatic heterocycles. The maximum absolute atomic E-state index is 10.4. The zero-order valence-electron chi connectivity index (χ0n) is 7.86. The van der Waals surface area contributed by atoms with Gasteiger partial charge in [-0.3, -0.25) is 0 Å². The highest BCUT2D eigenvalue weighted by Crippen LogP contribution is 2.37. The molecule has 1 unspecified atom stereocenters. The molecule has 1 saturated heterocycles. The largest absolute Gasteiger partial charge is 0.465 e. The first-order chi connectivity index (χ1) is 6.15. The monoisotopic (exact) mass is 184 g/mol. The molecule has 2 aliphatic rings. The molecule has 1 heterocycles. The SMILES string of the molecule is CN1C[C@H]2CC(NC(=O)O)C[C@H]2C1. The number of hydrogen-bond donors (Lipinski definition) is 2. The van der Waals surface area contributed by atoms with Crippen molar-refractivity contribution in [2.75, 3.05) is 20.1 Å². The molecule has 74 valence electrons. The predicted octanol–water partition coefficient (Wildman–Crippen LogP) is 0.594. The molecule has 2 N–H and O–H groups in total. The molecule has 3 atom stereocenters. The van der Waals surface area contributed by atoms with Crippen LogP contribution in [-0.2, 0) is 0 Å². The summed E-state index contributed by atoms with van der Waals surface area (Å²) in [5.74, 6) is 1.45. The Balaban J connectivity index is 1.86. The second-order valence-electron chi connectivity index (χ2n) is 4.36. The summed E-state index contributed by atoms with van der Waals surface area (Å²) in [6.45, 7) is 2.28. The van der Waals surface area contributed by atoms with E-state index >= 15 is 0 Å². The van der Waals surface area contributed by atoms with Crippen LogP contribution >= 0.6 is 0 Å². The minimum atomic E-state index is -0.877. The Kier molecular flexibility index (Phi) is 2.15. The first kappa shape index (κ1) is 8.81. The maximum Gasteiger partial charge on any atom is 0.404 e. The molecule has 13 heavy (non-hydrogen) atoms. The van der Waals surface area contributed by atoms with Crippen molar-refractivity contribution in [1.29, 1.82) is 0 Å². The molecular weight excluding hydrogens is 168 g/mol. The highest BCUT2D eigenvalue weighted by molar-refractivity contribution is 5.64. The van der Waals surface area contributed by atoms with Crippen molar-refractivity contribution < 1.29 is 9.90 Å². The summed E-state index contributed by atoms with van der Waals surface area (Å²) in [7, 11) is 2.14. The average Bonchev–Trinajstić information content (AvgIpc) is 2.41.